The van der Waals surface area contributed by atoms with Crippen LogP contribution in [0.4, 0.5) is 0 Å². The van der Waals surface area contributed by atoms with E-state index in [1.54, 1.807) is 7.11 Å². The Morgan fingerprint density at radius 3 is 2.63 bits per heavy atom. The second-order valence-corrected chi connectivity index (χ2v) is 5.95. The van der Waals surface area contributed by atoms with Crippen molar-refractivity contribution in [2.24, 2.45) is 11.7 Å². The number of para-hydroxylation sites is 1. The van der Waals surface area contributed by atoms with Crippen LogP contribution in [0.1, 0.15) is 44.1 Å². The van der Waals surface area contributed by atoms with Crippen molar-refractivity contribution in [3.8, 4) is 11.5 Å². The van der Waals surface area contributed by atoms with Crippen molar-refractivity contribution < 1.29 is 9.47 Å². The Bertz CT molecular complexity index is 448. The average Bonchev–Trinajstić information content (AvgIpc) is 3.16. The number of rotatable bonds is 5. The van der Waals surface area contributed by atoms with Gasteiger partial charge in [0.25, 0.3) is 0 Å². The zero-order valence-corrected chi connectivity index (χ0v) is 11.7. The van der Waals surface area contributed by atoms with Crippen molar-refractivity contribution >= 4 is 0 Å². The molecule has 0 amide bonds. The average molecular weight is 261 g/mol. The van der Waals surface area contributed by atoms with Gasteiger partial charge in [-0.1, -0.05) is 25.0 Å². The van der Waals surface area contributed by atoms with E-state index < -0.39 is 0 Å². The van der Waals surface area contributed by atoms with Crippen LogP contribution in [-0.4, -0.2) is 13.7 Å². The third-order valence-electron chi connectivity index (χ3n) is 4.39. The minimum atomic E-state index is -0.229. The van der Waals surface area contributed by atoms with Crippen LogP contribution in [0.2, 0.25) is 0 Å². The van der Waals surface area contributed by atoms with Crippen LogP contribution in [0.25, 0.3) is 0 Å². The standard InChI is InChI=1S/C16H23NO2/c1-18-14-6-4-5-13(16(17)9-2-3-10-16)15(14)19-11-12-7-8-12/h4-6,12H,2-3,7-11,17H2,1H3. The molecule has 2 N–H and O–H groups in total. The number of methoxy groups -OCH3 is 1. The molecule has 1 aromatic carbocycles. The smallest absolute Gasteiger partial charge is 0.166 e. The molecule has 0 spiro atoms. The molecule has 0 radical (unpaired) electrons. The van der Waals surface area contributed by atoms with Gasteiger partial charge in [-0.2, -0.15) is 0 Å². The van der Waals surface area contributed by atoms with Crippen LogP contribution in [0.3, 0.4) is 0 Å². The van der Waals surface area contributed by atoms with Crippen molar-refractivity contribution in [3.05, 3.63) is 23.8 Å². The van der Waals surface area contributed by atoms with Gasteiger partial charge in [0.2, 0.25) is 0 Å². The zero-order chi connectivity index (χ0) is 13.3. The van der Waals surface area contributed by atoms with Crippen LogP contribution in [0.15, 0.2) is 18.2 Å². The second kappa shape index (κ2) is 5.04. The van der Waals surface area contributed by atoms with Gasteiger partial charge in [-0.15, -0.1) is 0 Å². The molecule has 0 atom stereocenters. The molecule has 3 rings (SSSR count). The highest BCUT2D eigenvalue weighted by Crippen LogP contribution is 2.44. The van der Waals surface area contributed by atoms with Crippen LogP contribution in [0.5, 0.6) is 11.5 Å². The fraction of sp³-hybridized carbons (Fsp3) is 0.625. The van der Waals surface area contributed by atoms with E-state index in [0.29, 0.717) is 0 Å². The largest absolute Gasteiger partial charge is 0.493 e. The van der Waals surface area contributed by atoms with E-state index in [4.69, 9.17) is 15.2 Å². The Hall–Kier alpha value is -1.22. The summed E-state index contributed by atoms with van der Waals surface area (Å²) >= 11 is 0. The molecule has 3 heteroatoms. The Balaban J connectivity index is 1.91. The number of nitrogens with two attached hydrogens (primary N) is 1. The SMILES string of the molecule is COc1cccc(C2(N)CCCC2)c1OCC1CC1. The van der Waals surface area contributed by atoms with Crippen molar-refractivity contribution in [3.63, 3.8) is 0 Å². The summed E-state index contributed by atoms with van der Waals surface area (Å²) in [6.45, 7) is 0.795. The lowest BCUT2D eigenvalue weighted by atomic mass is 9.88. The van der Waals surface area contributed by atoms with Gasteiger partial charge >= 0.3 is 0 Å². The molecule has 19 heavy (non-hydrogen) atoms. The van der Waals surface area contributed by atoms with E-state index in [1.807, 2.05) is 12.1 Å². The lowest BCUT2D eigenvalue weighted by Crippen LogP contribution is -2.33. The summed E-state index contributed by atoms with van der Waals surface area (Å²) in [6.07, 6.45) is 7.07. The van der Waals surface area contributed by atoms with E-state index in [-0.39, 0.29) is 5.54 Å². The molecule has 0 saturated heterocycles. The topological polar surface area (TPSA) is 44.5 Å². The highest BCUT2D eigenvalue weighted by Gasteiger charge is 2.35. The highest BCUT2D eigenvalue weighted by atomic mass is 16.5. The molecule has 0 aromatic heterocycles. The molecule has 2 saturated carbocycles. The summed E-state index contributed by atoms with van der Waals surface area (Å²) in [7, 11) is 1.70. The first-order valence-electron chi connectivity index (χ1n) is 7.32. The quantitative estimate of drug-likeness (QED) is 0.885. The Kier molecular flexibility index (Phi) is 3.40. The van der Waals surface area contributed by atoms with E-state index in [9.17, 15) is 0 Å². The Morgan fingerprint density at radius 2 is 2.00 bits per heavy atom. The molecule has 0 unspecified atom stereocenters. The minimum absolute atomic E-state index is 0.229. The lowest BCUT2D eigenvalue weighted by Gasteiger charge is -2.27. The van der Waals surface area contributed by atoms with Crippen molar-refractivity contribution in [2.45, 2.75) is 44.1 Å². The maximum absolute atomic E-state index is 6.59. The summed E-state index contributed by atoms with van der Waals surface area (Å²) in [5.41, 5.74) is 7.49. The van der Waals surface area contributed by atoms with Crippen molar-refractivity contribution in [1.29, 1.82) is 0 Å². The maximum atomic E-state index is 6.59. The van der Waals surface area contributed by atoms with Crippen LogP contribution >= 0.6 is 0 Å². The van der Waals surface area contributed by atoms with Gasteiger partial charge in [-0.05, 0) is 37.7 Å². The number of benzene rings is 1. The molecular weight excluding hydrogens is 238 g/mol. The third-order valence-corrected chi connectivity index (χ3v) is 4.39. The molecule has 0 aliphatic heterocycles. The molecule has 2 aliphatic carbocycles. The Morgan fingerprint density at radius 1 is 1.26 bits per heavy atom. The van der Waals surface area contributed by atoms with Crippen LogP contribution in [0, 0.1) is 5.92 Å². The Labute approximate surface area is 115 Å². The van der Waals surface area contributed by atoms with Gasteiger partial charge in [0.15, 0.2) is 11.5 Å². The second-order valence-electron chi connectivity index (χ2n) is 5.95. The third kappa shape index (κ3) is 2.57. The van der Waals surface area contributed by atoms with Crippen LogP contribution in [-0.2, 0) is 5.54 Å². The highest BCUT2D eigenvalue weighted by molar-refractivity contribution is 5.50. The van der Waals surface area contributed by atoms with Gasteiger partial charge in [-0.25, -0.2) is 0 Å². The molecule has 2 aliphatic rings. The fourth-order valence-electron chi connectivity index (χ4n) is 2.98. The van der Waals surface area contributed by atoms with Crippen molar-refractivity contribution in [1.82, 2.24) is 0 Å². The monoisotopic (exact) mass is 261 g/mol. The van der Waals surface area contributed by atoms with E-state index in [0.717, 1.165) is 42.4 Å². The molecular formula is C16H23NO2. The summed E-state index contributed by atoms with van der Waals surface area (Å²) in [4.78, 5) is 0. The first-order valence-corrected chi connectivity index (χ1v) is 7.32. The predicted octanol–water partition coefficient (Wildman–Crippen LogP) is 3.21. The zero-order valence-electron chi connectivity index (χ0n) is 11.7. The molecule has 104 valence electrons. The minimum Gasteiger partial charge on any atom is -0.493 e. The molecule has 0 bridgehead atoms. The number of hydrogen-bond donors (Lipinski definition) is 1. The maximum Gasteiger partial charge on any atom is 0.166 e. The molecule has 0 heterocycles. The van der Waals surface area contributed by atoms with Crippen LogP contribution < -0.4 is 15.2 Å². The molecule has 1 aromatic rings. The predicted molar refractivity (Wildman–Crippen MR) is 75.5 cm³/mol. The summed E-state index contributed by atoms with van der Waals surface area (Å²) in [6, 6.07) is 6.09. The normalized spacial score (nSPS) is 21.4. The summed E-state index contributed by atoms with van der Waals surface area (Å²) in [5.74, 6) is 2.42. The van der Waals surface area contributed by atoms with E-state index in [1.165, 1.54) is 25.7 Å². The van der Waals surface area contributed by atoms with Gasteiger partial charge in [0, 0.05) is 11.1 Å². The first-order chi connectivity index (χ1) is 9.23. The van der Waals surface area contributed by atoms with Crippen molar-refractivity contribution in [2.75, 3.05) is 13.7 Å². The lowest BCUT2D eigenvalue weighted by molar-refractivity contribution is 0.269. The van der Waals surface area contributed by atoms with Gasteiger partial charge in [0.1, 0.15) is 0 Å². The number of hydrogen-bond acceptors (Lipinski definition) is 3. The molecule has 2 fully saturated rings. The van der Waals surface area contributed by atoms with E-state index >= 15 is 0 Å². The first kappa shape index (κ1) is 12.8. The fourth-order valence-corrected chi connectivity index (χ4v) is 2.98. The van der Waals surface area contributed by atoms with E-state index in [2.05, 4.69) is 6.07 Å². The number of ether oxygens (including phenoxy) is 2. The van der Waals surface area contributed by atoms with Gasteiger partial charge in [-0.3, -0.25) is 0 Å². The summed E-state index contributed by atoms with van der Waals surface area (Å²) < 4.78 is 11.5. The summed E-state index contributed by atoms with van der Waals surface area (Å²) in [5, 5.41) is 0. The molecule has 3 nitrogen and oxygen atoms in total. The van der Waals surface area contributed by atoms with Gasteiger partial charge in [0.05, 0.1) is 13.7 Å². The van der Waals surface area contributed by atoms with Gasteiger partial charge < -0.3 is 15.2 Å².